The first-order valence-electron chi connectivity index (χ1n) is 10.1. The SMILES string of the molecule is CC(C)=CCC/C(C)=C/CCC(C)(O)C1Cc2c(c3ccc(O)cc3oc2=O)O1. The Hall–Kier alpha value is -2.53. The monoisotopic (exact) mass is 398 g/mol. The van der Waals surface area contributed by atoms with Gasteiger partial charge >= 0.3 is 5.63 Å². The van der Waals surface area contributed by atoms with Crippen molar-refractivity contribution in [2.45, 2.75) is 71.5 Å². The van der Waals surface area contributed by atoms with Crippen LogP contribution in [0.15, 0.2) is 50.7 Å². The van der Waals surface area contributed by atoms with Crippen LogP contribution in [0.25, 0.3) is 11.0 Å². The lowest BCUT2D eigenvalue weighted by Crippen LogP contribution is -2.42. The normalized spacial score (nSPS) is 18.2. The Kier molecular flexibility index (Phi) is 6.18. The molecule has 1 aromatic carbocycles. The maximum absolute atomic E-state index is 12.3. The van der Waals surface area contributed by atoms with Crippen LogP contribution in [0, 0.1) is 0 Å². The minimum absolute atomic E-state index is 0.0221. The Labute approximate surface area is 171 Å². The van der Waals surface area contributed by atoms with Crippen molar-refractivity contribution in [3.8, 4) is 11.5 Å². The van der Waals surface area contributed by atoms with E-state index in [1.165, 1.54) is 23.3 Å². The van der Waals surface area contributed by atoms with Gasteiger partial charge in [0.1, 0.15) is 23.2 Å². The zero-order chi connectivity index (χ0) is 21.2. The lowest BCUT2D eigenvalue weighted by molar-refractivity contribution is -0.0429. The zero-order valence-corrected chi connectivity index (χ0v) is 17.6. The molecule has 0 saturated heterocycles. The van der Waals surface area contributed by atoms with E-state index in [-0.39, 0.29) is 11.3 Å². The number of fused-ring (bicyclic) bond motifs is 3. The van der Waals surface area contributed by atoms with Crippen molar-refractivity contribution in [2.24, 2.45) is 0 Å². The molecule has 2 heterocycles. The summed E-state index contributed by atoms with van der Waals surface area (Å²) in [7, 11) is 0. The summed E-state index contributed by atoms with van der Waals surface area (Å²) in [6, 6.07) is 4.59. The number of rotatable bonds is 7. The van der Waals surface area contributed by atoms with Crippen LogP contribution in [-0.2, 0) is 6.42 Å². The third-order valence-corrected chi connectivity index (χ3v) is 5.51. The lowest BCUT2D eigenvalue weighted by atomic mass is 9.90. The molecule has 1 aliphatic heterocycles. The van der Waals surface area contributed by atoms with Gasteiger partial charge in [-0.25, -0.2) is 4.79 Å². The fourth-order valence-electron chi connectivity index (χ4n) is 3.69. The molecular formula is C24H30O5. The van der Waals surface area contributed by atoms with Crippen LogP contribution in [0.3, 0.4) is 0 Å². The molecule has 29 heavy (non-hydrogen) atoms. The maximum atomic E-state index is 12.3. The van der Waals surface area contributed by atoms with Gasteiger partial charge in [-0.2, -0.15) is 0 Å². The third-order valence-electron chi connectivity index (χ3n) is 5.51. The van der Waals surface area contributed by atoms with E-state index in [0.29, 0.717) is 29.5 Å². The number of ether oxygens (including phenoxy) is 1. The second-order valence-electron chi connectivity index (χ2n) is 8.45. The number of benzene rings is 1. The van der Waals surface area contributed by atoms with Crippen LogP contribution in [0.2, 0.25) is 0 Å². The van der Waals surface area contributed by atoms with Gasteiger partial charge in [0.2, 0.25) is 0 Å². The van der Waals surface area contributed by atoms with Crippen LogP contribution in [-0.4, -0.2) is 21.9 Å². The first kappa shape index (κ1) is 21.2. The Morgan fingerprint density at radius 1 is 1.24 bits per heavy atom. The summed E-state index contributed by atoms with van der Waals surface area (Å²) in [4.78, 5) is 12.3. The highest BCUT2D eigenvalue weighted by Crippen LogP contribution is 2.39. The van der Waals surface area contributed by atoms with E-state index in [4.69, 9.17) is 9.15 Å². The van der Waals surface area contributed by atoms with Crippen LogP contribution in [0.5, 0.6) is 11.5 Å². The minimum atomic E-state index is -1.08. The number of hydrogen-bond donors (Lipinski definition) is 2. The second-order valence-corrected chi connectivity index (χ2v) is 8.45. The molecule has 1 aliphatic rings. The van der Waals surface area contributed by atoms with Gasteiger partial charge in [0.25, 0.3) is 0 Å². The molecular weight excluding hydrogens is 368 g/mol. The molecule has 2 atom stereocenters. The summed E-state index contributed by atoms with van der Waals surface area (Å²) in [5, 5.41) is 21.3. The van der Waals surface area contributed by atoms with Gasteiger partial charge in [-0.05, 0) is 65.5 Å². The quantitative estimate of drug-likeness (QED) is 0.505. The number of phenols is 1. The molecule has 0 amide bonds. The molecule has 5 nitrogen and oxygen atoms in total. The van der Waals surface area contributed by atoms with Crippen molar-refractivity contribution in [1.29, 1.82) is 0 Å². The predicted molar refractivity (Wildman–Crippen MR) is 115 cm³/mol. The van der Waals surface area contributed by atoms with Crippen molar-refractivity contribution in [1.82, 2.24) is 0 Å². The van der Waals surface area contributed by atoms with E-state index in [1.54, 1.807) is 13.0 Å². The standard InChI is InChI=1S/C24H30O5/c1-15(2)7-5-8-16(3)9-6-12-24(4,27)21-14-19-22(29-21)18-11-10-17(25)13-20(18)28-23(19)26/h7,9-11,13,21,25,27H,5-6,8,12,14H2,1-4H3/b16-9+. The van der Waals surface area contributed by atoms with E-state index in [1.807, 2.05) is 0 Å². The van der Waals surface area contributed by atoms with E-state index < -0.39 is 17.3 Å². The van der Waals surface area contributed by atoms with Crippen molar-refractivity contribution in [2.75, 3.05) is 0 Å². The van der Waals surface area contributed by atoms with E-state index in [9.17, 15) is 15.0 Å². The van der Waals surface area contributed by atoms with Crippen molar-refractivity contribution in [3.63, 3.8) is 0 Å². The summed E-state index contributed by atoms with van der Waals surface area (Å²) in [6.45, 7) is 8.07. The predicted octanol–water partition coefficient (Wildman–Crippen LogP) is 5.03. The summed E-state index contributed by atoms with van der Waals surface area (Å²) in [5.74, 6) is 0.476. The van der Waals surface area contributed by atoms with Gasteiger partial charge in [0.05, 0.1) is 16.6 Å². The molecule has 0 spiro atoms. The largest absolute Gasteiger partial charge is 0.508 e. The maximum Gasteiger partial charge on any atom is 0.343 e. The van der Waals surface area contributed by atoms with Gasteiger partial charge in [0.15, 0.2) is 0 Å². The number of hydrogen-bond acceptors (Lipinski definition) is 5. The van der Waals surface area contributed by atoms with Gasteiger partial charge in [-0.15, -0.1) is 0 Å². The molecule has 1 aromatic heterocycles. The number of aliphatic hydroxyl groups is 1. The van der Waals surface area contributed by atoms with Crippen LogP contribution >= 0.6 is 0 Å². The topological polar surface area (TPSA) is 79.9 Å². The first-order chi connectivity index (χ1) is 13.7. The van der Waals surface area contributed by atoms with E-state index in [2.05, 4.69) is 32.9 Å². The molecule has 5 heteroatoms. The highest BCUT2D eigenvalue weighted by atomic mass is 16.5. The number of allylic oxidation sites excluding steroid dienone is 4. The molecule has 0 saturated carbocycles. The van der Waals surface area contributed by atoms with Crippen molar-refractivity contribution in [3.05, 3.63) is 57.5 Å². The molecule has 2 N–H and O–H groups in total. The van der Waals surface area contributed by atoms with Crippen LogP contribution in [0.1, 0.15) is 58.9 Å². The third kappa shape index (κ3) is 4.91. The van der Waals surface area contributed by atoms with E-state index in [0.717, 1.165) is 19.3 Å². The zero-order valence-electron chi connectivity index (χ0n) is 17.6. The average molecular weight is 398 g/mol. The van der Waals surface area contributed by atoms with Crippen LogP contribution in [0.4, 0.5) is 0 Å². The first-order valence-corrected chi connectivity index (χ1v) is 10.1. The number of aromatic hydroxyl groups is 1. The molecule has 0 radical (unpaired) electrons. The Morgan fingerprint density at radius 2 is 2.00 bits per heavy atom. The van der Waals surface area contributed by atoms with Crippen LogP contribution < -0.4 is 10.4 Å². The smallest absolute Gasteiger partial charge is 0.343 e. The fraction of sp³-hybridized carbons (Fsp3) is 0.458. The van der Waals surface area contributed by atoms with Crippen molar-refractivity contribution >= 4 is 11.0 Å². The minimum Gasteiger partial charge on any atom is -0.508 e. The lowest BCUT2D eigenvalue weighted by Gasteiger charge is -2.29. The molecule has 3 rings (SSSR count). The molecule has 0 aliphatic carbocycles. The summed E-state index contributed by atoms with van der Waals surface area (Å²) >= 11 is 0. The molecule has 0 fully saturated rings. The number of phenolic OH excluding ortho intramolecular Hbond substituents is 1. The molecule has 2 unspecified atom stereocenters. The summed E-state index contributed by atoms with van der Waals surface area (Å²) in [6.07, 6.45) is 7.51. The van der Waals surface area contributed by atoms with Crippen molar-refractivity contribution < 1.29 is 19.4 Å². The summed E-state index contributed by atoms with van der Waals surface area (Å²) < 4.78 is 11.4. The van der Waals surface area contributed by atoms with Gasteiger partial charge in [-0.1, -0.05) is 23.3 Å². The molecule has 156 valence electrons. The van der Waals surface area contributed by atoms with Gasteiger partial charge < -0.3 is 19.4 Å². The fourth-order valence-corrected chi connectivity index (χ4v) is 3.69. The van der Waals surface area contributed by atoms with Gasteiger partial charge in [0, 0.05) is 12.5 Å². The Morgan fingerprint density at radius 3 is 2.72 bits per heavy atom. The highest BCUT2D eigenvalue weighted by Gasteiger charge is 2.40. The molecule has 0 bridgehead atoms. The average Bonchev–Trinajstić information content (AvgIpc) is 3.08. The highest BCUT2D eigenvalue weighted by molar-refractivity contribution is 5.86. The molecule has 2 aromatic rings. The second kappa shape index (κ2) is 8.46. The Bertz CT molecular complexity index is 1010. The van der Waals surface area contributed by atoms with Gasteiger partial charge in [-0.3, -0.25) is 0 Å². The van der Waals surface area contributed by atoms with E-state index >= 15 is 0 Å². The Balaban J connectivity index is 1.69. The summed E-state index contributed by atoms with van der Waals surface area (Å²) in [5.41, 5.74) is 1.80.